The van der Waals surface area contributed by atoms with E-state index in [-0.39, 0.29) is 62.8 Å². The highest BCUT2D eigenvalue weighted by Gasteiger charge is 2.78. The first-order valence-corrected chi connectivity index (χ1v) is 27.2. The molecule has 0 aromatic rings. The average Bonchev–Trinajstić information content (AvgIpc) is 3.70. The molecule has 4 heterocycles. The Kier molecular flexibility index (Phi) is 18.2. The van der Waals surface area contributed by atoms with Gasteiger partial charge in [0.05, 0.1) is 60.9 Å². The Labute approximate surface area is 440 Å². The zero-order valence-electron chi connectivity index (χ0n) is 45.2. The number of allylic oxidation sites excluding steroid dienone is 1. The summed E-state index contributed by atoms with van der Waals surface area (Å²) in [5.41, 5.74) is -4.01. The van der Waals surface area contributed by atoms with Crippen LogP contribution in [0.1, 0.15) is 126 Å². The van der Waals surface area contributed by atoms with Crippen molar-refractivity contribution in [3.8, 4) is 0 Å². The van der Waals surface area contributed by atoms with E-state index in [9.17, 15) is 50.4 Å². The second-order valence-corrected chi connectivity index (χ2v) is 23.5. The number of hydrogen-bond donors (Lipinski definition) is 8. The van der Waals surface area contributed by atoms with Crippen LogP contribution in [0.5, 0.6) is 0 Å². The fourth-order valence-electron chi connectivity index (χ4n) is 14.2. The van der Waals surface area contributed by atoms with Crippen LogP contribution in [-0.4, -0.2) is 207 Å². The lowest BCUT2D eigenvalue weighted by molar-refractivity contribution is -0.356. The molecule has 3 saturated carbocycles. The van der Waals surface area contributed by atoms with Gasteiger partial charge in [-0.25, -0.2) is 4.79 Å². The summed E-state index contributed by atoms with van der Waals surface area (Å²) >= 11 is 0. The minimum absolute atomic E-state index is 0.0451. The van der Waals surface area contributed by atoms with Crippen LogP contribution in [0.15, 0.2) is 23.3 Å². The van der Waals surface area contributed by atoms with Crippen LogP contribution in [0.4, 0.5) is 0 Å². The molecule has 21 heteroatoms. The van der Waals surface area contributed by atoms with E-state index in [1.807, 2.05) is 33.8 Å². The molecule has 75 heavy (non-hydrogen) atoms. The maximum atomic E-state index is 13.6. The zero-order chi connectivity index (χ0) is 54.7. The zero-order valence-corrected chi connectivity index (χ0v) is 45.2. The molecule has 8 N–H and O–H groups in total. The van der Waals surface area contributed by atoms with Crippen molar-refractivity contribution in [3.05, 3.63) is 23.3 Å². The van der Waals surface area contributed by atoms with Gasteiger partial charge in [0.1, 0.15) is 65.8 Å². The number of esters is 1. The van der Waals surface area contributed by atoms with Crippen LogP contribution in [0, 0.1) is 22.7 Å². The summed E-state index contributed by atoms with van der Waals surface area (Å²) in [4.78, 5) is 26.6. The predicted octanol–water partition coefficient (Wildman–Crippen LogP) is 1.76. The smallest absolute Gasteiger partial charge is 0.330 e. The molecule has 4 aliphatic carbocycles. The van der Waals surface area contributed by atoms with Crippen molar-refractivity contribution in [1.82, 2.24) is 0 Å². The number of ether oxygens (including phenoxy) is 11. The summed E-state index contributed by atoms with van der Waals surface area (Å²) in [5, 5.41) is 89.8. The maximum Gasteiger partial charge on any atom is 0.330 e. The molecule has 428 valence electrons. The Morgan fingerprint density at radius 1 is 0.760 bits per heavy atom. The molecule has 8 rings (SSSR count). The van der Waals surface area contributed by atoms with E-state index < -0.39 is 157 Å². The van der Waals surface area contributed by atoms with Crippen LogP contribution < -0.4 is 0 Å². The number of aliphatic hydroxyl groups is 8. The minimum Gasteiger partial charge on any atom is -0.458 e. The van der Waals surface area contributed by atoms with E-state index in [4.69, 9.17) is 52.1 Å². The first-order valence-electron chi connectivity index (χ1n) is 27.2. The Hall–Kier alpha value is -2.10. The number of ketones is 1. The average molecular weight is 1070 g/mol. The van der Waals surface area contributed by atoms with E-state index in [2.05, 4.69) is 6.92 Å². The number of aliphatic hydroxyl groups excluding tert-OH is 6. The molecule has 1 unspecified atom stereocenters. The maximum absolute atomic E-state index is 13.6. The van der Waals surface area contributed by atoms with Crippen LogP contribution in [-0.2, 0) is 61.7 Å². The molecule has 7 fully saturated rings. The highest BCUT2D eigenvalue weighted by Crippen LogP contribution is 2.70. The van der Waals surface area contributed by atoms with Crippen LogP contribution >= 0.6 is 0 Å². The first kappa shape index (κ1) is 59.0. The normalized spacial score (nSPS) is 49.3. The highest BCUT2D eigenvalue weighted by atomic mass is 16.8. The van der Waals surface area contributed by atoms with Gasteiger partial charge in [-0.1, -0.05) is 38.0 Å². The van der Waals surface area contributed by atoms with Crippen molar-refractivity contribution in [1.29, 1.82) is 0 Å². The topological polar surface area (TPSA) is 298 Å². The van der Waals surface area contributed by atoms with E-state index in [0.29, 0.717) is 25.7 Å². The van der Waals surface area contributed by atoms with Crippen LogP contribution in [0.2, 0.25) is 0 Å². The summed E-state index contributed by atoms with van der Waals surface area (Å²) < 4.78 is 68.0. The summed E-state index contributed by atoms with van der Waals surface area (Å²) in [6.07, 6.45) is -12.5. The minimum atomic E-state index is -1.92. The third-order valence-electron chi connectivity index (χ3n) is 18.7. The number of methoxy groups -OCH3 is 2. The SMILES string of the molecule is CO[C@H]1C[C@H](O[C@H]2CC[C@@]3(C)C(=CC[C@]4(O)C3C[C@@H](OC(=O)/C=C(\C)C(C)C)[C@]3(CC(C)=O)[C@@H](O)CC[C@@]34O)C2)O[C@H](C)[C@@H]1O[C@H]1C[C@@H](O)[C@@H](O[C@H]2C[C@@H](OC)[C@@H](O[C@@H]3O[C@H](CO)[C@@H](O)[C@@H](O)[C@H]3O)[C@@H](C)O2)[C@@H](C)O1. The lowest BCUT2D eigenvalue weighted by Gasteiger charge is -2.66. The number of Topliss-reactive ketones (excluding diaryl/α,β-unsaturated/α-hetero) is 1. The summed E-state index contributed by atoms with van der Waals surface area (Å²) in [7, 11) is 3.07. The summed E-state index contributed by atoms with van der Waals surface area (Å²) in [6, 6.07) is 0. The number of fused-ring (bicyclic) bond motifs is 5. The van der Waals surface area contributed by atoms with Crippen LogP contribution in [0.3, 0.4) is 0 Å². The van der Waals surface area contributed by atoms with Gasteiger partial charge in [-0.3, -0.25) is 0 Å². The van der Waals surface area contributed by atoms with Gasteiger partial charge >= 0.3 is 5.97 Å². The quantitative estimate of drug-likeness (QED) is 0.0621. The largest absolute Gasteiger partial charge is 0.458 e. The Bertz CT molecular complexity index is 2040. The lowest BCUT2D eigenvalue weighted by atomic mass is 9.42. The van der Waals surface area contributed by atoms with Gasteiger partial charge in [0.15, 0.2) is 25.2 Å². The Balaban J connectivity index is 0.868. The second kappa shape index (κ2) is 23.2. The van der Waals surface area contributed by atoms with Gasteiger partial charge in [-0.2, -0.15) is 0 Å². The Morgan fingerprint density at radius 3 is 1.93 bits per heavy atom. The van der Waals surface area contributed by atoms with Crippen molar-refractivity contribution in [2.24, 2.45) is 22.7 Å². The Morgan fingerprint density at radius 2 is 1.35 bits per heavy atom. The lowest BCUT2D eigenvalue weighted by Crippen LogP contribution is -2.77. The van der Waals surface area contributed by atoms with Gasteiger partial charge in [0.25, 0.3) is 0 Å². The van der Waals surface area contributed by atoms with E-state index in [1.54, 1.807) is 21.0 Å². The van der Waals surface area contributed by atoms with Crippen molar-refractivity contribution in [3.63, 3.8) is 0 Å². The molecule has 0 aromatic carbocycles. The summed E-state index contributed by atoms with van der Waals surface area (Å²) in [6.45, 7) is 14.0. The van der Waals surface area contributed by atoms with E-state index in [1.165, 1.54) is 20.1 Å². The number of hydrogen-bond acceptors (Lipinski definition) is 21. The molecule has 25 atom stereocenters. The van der Waals surface area contributed by atoms with Gasteiger partial charge in [-0.05, 0) is 90.9 Å². The standard InChI is InChI=1S/C54H86O21/c1-25(2)26(3)17-40(59)72-39-22-37-51(8)14-12-32(18-31(51)11-15-53(37,63)54(64)16-13-38(58)52(39,54)23-27(4)56)70-42-20-34(65-9)48(29(6)68-42)74-41-19-33(57)47(28(5)67-41)73-43-21-35(66-10)49(30(7)69-43)75-50-46(62)45(61)44(60)36(24-55)71-50/h11,17,25,28-30,32-39,41-50,55,57-58,60-64H,12-16,18-24H2,1-10H3/b26-17+/t28-,29-,30-,32+,33-,34+,35-,36-,37?,38+,39-,41+,42+,43+,44-,45-,46-,47+,48+,49+,50+,51+,52+,53+,54-/m1/s1. The van der Waals surface area contributed by atoms with Crippen molar-refractivity contribution < 1.29 is 103 Å². The number of rotatable bonds is 16. The molecule has 0 spiro atoms. The first-order chi connectivity index (χ1) is 35.3. The van der Waals surface area contributed by atoms with E-state index in [0.717, 1.165) is 11.1 Å². The molecule has 0 radical (unpaired) electrons. The predicted molar refractivity (Wildman–Crippen MR) is 262 cm³/mol. The van der Waals surface area contributed by atoms with Crippen molar-refractivity contribution in [2.75, 3.05) is 20.8 Å². The van der Waals surface area contributed by atoms with Gasteiger partial charge in [0, 0.05) is 51.9 Å². The second-order valence-electron chi connectivity index (χ2n) is 23.5. The van der Waals surface area contributed by atoms with Crippen molar-refractivity contribution in [2.45, 2.75) is 260 Å². The molecule has 4 saturated heterocycles. The third kappa shape index (κ3) is 11.0. The molecule has 8 aliphatic rings. The van der Waals surface area contributed by atoms with Gasteiger partial charge in [-0.15, -0.1) is 0 Å². The molecular formula is C54H86O21. The van der Waals surface area contributed by atoms with Gasteiger partial charge in [0.2, 0.25) is 0 Å². The molecule has 0 amide bonds. The van der Waals surface area contributed by atoms with Crippen molar-refractivity contribution >= 4 is 11.8 Å². The number of carbonyl (C=O) groups is 2. The highest BCUT2D eigenvalue weighted by molar-refractivity contribution is 5.83. The van der Waals surface area contributed by atoms with E-state index >= 15 is 0 Å². The molecule has 0 bridgehead atoms. The molecule has 21 nitrogen and oxygen atoms in total. The fourth-order valence-corrected chi connectivity index (χ4v) is 14.2. The molecule has 0 aromatic heterocycles. The fraction of sp³-hybridized carbons (Fsp3) is 0.889. The monoisotopic (exact) mass is 1070 g/mol. The van der Waals surface area contributed by atoms with Gasteiger partial charge < -0.3 is 97.8 Å². The third-order valence-corrected chi connectivity index (χ3v) is 18.7. The number of carbonyl (C=O) groups excluding carboxylic acids is 2. The molecular weight excluding hydrogens is 985 g/mol. The van der Waals surface area contributed by atoms with Crippen LogP contribution in [0.25, 0.3) is 0 Å². The summed E-state index contributed by atoms with van der Waals surface area (Å²) in [5.74, 6) is -1.38. The molecule has 4 aliphatic heterocycles.